The SMILES string of the molecule is O=C(CCCCCNC(=O)CCCC[C@@H]1SC[C@@H]2NC(=O)N[C@@H]21)NCCCCCC(=O)NCCOCCOCCOCCOCCOCCOCCOCCOc1ccc(-c2coc3cc(O)cc(O)c3c2=O)cc1. The van der Waals surface area contributed by atoms with Crippen LogP contribution in [0.5, 0.6) is 17.2 Å². The first-order valence-corrected chi connectivity index (χ1v) is 27.5. The average molecular weight is 1070 g/mol. The molecule has 1 aromatic heterocycles. The molecule has 0 bridgehead atoms. The summed E-state index contributed by atoms with van der Waals surface area (Å²) in [7, 11) is 0. The third-order valence-corrected chi connectivity index (χ3v) is 13.7. The van der Waals surface area contributed by atoms with E-state index in [0.717, 1.165) is 69.6 Å². The number of rotatable bonds is 43. The van der Waals surface area contributed by atoms with Gasteiger partial charge in [0.05, 0.1) is 110 Å². The number of amides is 5. The molecular formula is C53H79N5O16S. The Morgan fingerprint density at radius 3 is 1.63 bits per heavy atom. The van der Waals surface area contributed by atoms with Crippen LogP contribution >= 0.6 is 11.8 Å². The molecule has 7 N–H and O–H groups in total. The highest BCUT2D eigenvalue weighted by Crippen LogP contribution is 2.33. The van der Waals surface area contributed by atoms with Gasteiger partial charge < -0.3 is 79.1 Å². The molecule has 3 heterocycles. The Bertz CT molecular complexity index is 2190. The van der Waals surface area contributed by atoms with Gasteiger partial charge in [0.15, 0.2) is 0 Å². The van der Waals surface area contributed by atoms with Crippen molar-refractivity contribution in [1.82, 2.24) is 26.6 Å². The molecule has 3 atom stereocenters. The van der Waals surface area contributed by atoms with Gasteiger partial charge in [0, 0.05) is 62.0 Å². The summed E-state index contributed by atoms with van der Waals surface area (Å²) in [6.45, 7) is 7.97. The molecule has 2 aromatic carbocycles. The first-order valence-electron chi connectivity index (χ1n) is 26.4. The molecule has 0 aliphatic carbocycles. The number of thioether (sulfide) groups is 1. The van der Waals surface area contributed by atoms with Crippen molar-refractivity contribution in [2.24, 2.45) is 0 Å². The van der Waals surface area contributed by atoms with Gasteiger partial charge in [-0.1, -0.05) is 31.4 Å². The molecule has 5 rings (SSSR count). The van der Waals surface area contributed by atoms with Crippen molar-refractivity contribution in [1.29, 1.82) is 0 Å². The van der Waals surface area contributed by atoms with E-state index in [2.05, 4.69) is 26.6 Å². The maximum atomic E-state index is 12.9. The van der Waals surface area contributed by atoms with Gasteiger partial charge in [-0.15, -0.1) is 0 Å². The van der Waals surface area contributed by atoms with Crippen molar-refractivity contribution in [2.45, 2.75) is 94.4 Å². The smallest absolute Gasteiger partial charge is 0.315 e. The van der Waals surface area contributed by atoms with Crippen molar-refractivity contribution in [3.63, 3.8) is 0 Å². The predicted molar refractivity (Wildman–Crippen MR) is 282 cm³/mol. The lowest BCUT2D eigenvalue weighted by atomic mass is 10.0. The van der Waals surface area contributed by atoms with E-state index in [1.165, 1.54) is 12.3 Å². The Balaban J connectivity index is 0.673. The number of phenols is 2. The molecule has 0 saturated carbocycles. The Morgan fingerprint density at radius 2 is 1.08 bits per heavy atom. The van der Waals surface area contributed by atoms with Crippen molar-refractivity contribution in [2.75, 3.05) is 124 Å². The van der Waals surface area contributed by atoms with E-state index in [1.807, 2.05) is 11.8 Å². The lowest BCUT2D eigenvalue weighted by Crippen LogP contribution is -2.36. The summed E-state index contributed by atoms with van der Waals surface area (Å²) < 4.78 is 49.9. The zero-order valence-electron chi connectivity index (χ0n) is 43.2. The van der Waals surface area contributed by atoms with E-state index in [4.69, 9.17) is 42.3 Å². The summed E-state index contributed by atoms with van der Waals surface area (Å²) in [4.78, 5) is 60.9. The molecule has 0 spiro atoms. The fourth-order valence-electron chi connectivity index (χ4n) is 8.22. The summed E-state index contributed by atoms with van der Waals surface area (Å²) in [5.74, 6) is 1.10. The van der Waals surface area contributed by atoms with E-state index in [0.29, 0.717) is 155 Å². The molecule has 2 saturated heterocycles. The summed E-state index contributed by atoms with van der Waals surface area (Å²) in [5, 5.41) is 35.0. The van der Waals surface area contributed by atoms with Crippen LogP contribution in [0.2, 0.25) is 0 Å². The standard InChI is InChI=1S/C53H79N5O16S/c59-40-35-44(60)50-45(36-40)74-37-42(52(50)64)39-13-15-41(16-14-39)73-34-33-72-32-31-71-30-29-70-28-27-69-26-25-68-24-23-67-22-21-66-20-19-56-49(63)11-4-2-8-17-54-47(61)10-3-1-7-18-55-48(62)12-6-5-9-46-51-43(38-75-46)57-53(65)58-51/h13-16,35-37,43,46,51,59-60H,1-12,17-34,38H2,(H,54,61)(H,55,62)(H,56,63)(H2,57,58,65)/t43-,46-,51-/m0/s1. The Labute approximate surface area is 443 Å². The van der Waals surface area contributed by atoms with Crippen LogP contribution in [0, 0.1) is 0 Å². The molecule has 2 aliphatic rings. The quantitative estimate of drug-likeness (QED) is 0.0302. The minimum atomic E-state index is -0.408. The fraction of sp³-hybridized carbons (Fsp3) is 0.642. The molecule has 0 radical (unpaired) electrons. The molecule has 5 amide bonds. The van der Waals surface area contributed by atoms with Crippen LogP contribution < -0.4 is 36.7 Å². The molecule has 75 heavy (non-hydrogen) atoms. The molecular weight excluding hydrogens is 995 g/mol. The molecule has 2 fully saturated rings. The number of hydrogen-bond acceptors (Lipinski definition) is 17. The topological polar surface area (TPSA) is 273 Å². The van der Waals surface area contributed by atoms with Gasteiger partial charge in [-0.2, -0.15) is 11.8 Å². The van der Waals surface area contributed by atoms with Gasteiger partial charge >= 0.3 is 6.03 Å². The number of phenolic OH excluding ortho intramolecular Hbond substituents is 2. The van der Waals surface area contributed by atoms with Crippen LogP contribution in [0.3, 0.4) is 0 Å². The number of unbranched alkanes of at least 4 members (excludes halogenated alkanes) is 5. The highest BCUT2D eigenvalue weighted by atomic mass is 32.2. The maximum Gasteiger partial charge on any atom is 0.315 e. The van der Waals surface area contributed by atoms with Crippen LogP contribution in [0.4, 0.5) is 4.79 Å². The molecule has 3 aromatic rings. The molecule has 2 aliphatic heterocycles. The van der Waals surface area contributed by atoms with Gasteiger partial charge in [-0.3, -0.25) is 19.2 Å². The van der Waals surface area contributed by atoms with E-state index < -0.39 is 5.43 Å². The number of benzene rings is 2. The van der Waals surface area contributed by atoms with Crippen LogP contribution in [-0.4, -0.2) is 176 Å². The lowest BCUT2D eigenvalue weighted by molar-refractivity contribution is -0.122. The fourth-order valence-corrected chi connectivity index (χ4v) is 9.76. The van der Waals surface area contributed by atoms with Gasteiger partial charge in [-0.25, -0.2) is 4.79 Å². The summed E-state index contributed by atoms with van der Waals surface area (Å²) in [6, 6.07) is 9.65. The molecule has 418 valence electrons. The van der Waals surface area contributed by atoms with Gasteiger partial charge in [-0.05, 0) is 56.2 Å². The predicted octanol–water partition coefficient (Wildman–Crippen LogP) is 4.56. The Kier molecular flexibility index (Phi) is 29.7. The first kappa shape index (κ1) is 60.7. The summed E-state index contributed by atoms with van der Waals surface area (Å²) >= 11 is 1.90. The second kappa shape index (κ2) is 36.7. The number of nitrogens with one attached hydrogen (secondary N) is 5. The minimum Gasteiger partial charge on any atom is -0.508 e. The summed E-state index contributed by atoms with van der Waals surface area (Å²) in [5.41, 5.74) is 0.556. The zero-order chi connectivity index (χ0) is 53.1. The largest absolute Gasteiger partial charge is 0.508 e. The summed E-state index contributed by atoms with van der Waals surface area (Å²) in [6.07, 6.45) is 10.5. The molecule has 22 heteroatoms. The van der Waals surface area contributed by atoms with Gasteiger partial charge in [0.2, 0.25) is 23.2 Å². The number of fused-ring (bicyclic) bond motifs is 2. The number of urea groups is 1. The monoisotopic (exact) mass is 1070 g/mol. The molecule has 0 unspecified atom stereocenters. The average Bonchev–Trinajstić information content (AvgIpc) is 3.96. The third-order valence-electron chi connectivity index (χ3n) is 12.2. The number of carbonyl (C=O) groups excluding carboxylic acids is 4. The number of ether oxygens (including phenoxy) is 8. The highest BCUT2D eigenvalue weighted by molar-refractivity contribution is 8.00. The lowest BCUT2D eigenvalue weighted by Gasteiger charge is -2.16. The van der Waals surface area contributed by atoms with Crippen molar-refractivity contribution < 1.29 is 71.7 Å². The van der Waals surface area contributed by atoms with Crippen LogP contribution in [-0.2, 0) is 47.5 Å². The van der Waals surface area contributed by atoms with E-state index in [1.54, 1.807) is 24.3 Å². The van der Waals surface area contributed by atoms with Crippen molar-refractivity contribution in [3.05, 3.63) is 52.9 Å². The van der Waals surface area contributed by atoms with E-state index >= 15 is 0 Å². The Hall–Kier alpha value is -5.20. The zero-order valence-corrected chi connectivity index (χ0v) is 44.0. The number of aromatic hydroxyl groups is 2. The van der Waals surface area contributed by atoms with Crippen LogP contribution in [0.25, 0.3) is 22.1 Å². The van der Waals surface area contributed by atoms with Gasteiger partial charge in [0.25, 0.3) is 0 Å². The first-order chi connectivity index (χ1) is 36.7. The van der Waals surface area contributed by atoms with Crippen LogP contribution in [0.1, 0.15) is 77.0 Å². The minimum absolute atomic E-state index is 0.000947. The molecule has 21 nitrogen and oxygen atoms in total. The van der Waals surface area contributed by atoms with E-state index in [-0.39, 0.29) is 63.9 Å². The van der Waals surface area contributed by atoms with Crippen LogP contribution in [0.15, 0.2) is 51.9 Å². The van der Waals surface area contributed by atoms with Gasteiger partial charge in [0.1, 0.15) is 41.1 Å². The normalized spacial score (nSPS) is 15.9. The maximum absolute atomic E-state index is 12.9. The second-order valence-corrected chi connectivity index (χ2v) is 19.3. The van der Waals surface area contributed by atoms with E-state index in [9.17, 15) is 34.2 Å². The number of carbonyl (C=O) groups is 4. The highest BCUT2D eigenvalue weighted by Gasteiger charge is 2.42. The third kappa shape index (κ3) is 24.6. The number of hydrogen-bond donors (Lipinski definition) is 7. The second-order valence-electron chi connectivity index (χ2n) is 18.0. The Morgan fingerprint density at radius 1 is 0.587 bits per heavy atom. The van der Waals surface area contributed by atoms with Crippen molar-refractivity contribution in [3.8, 4) is 28.4 Å². The van der Waals surface area contributed by atoms with Crippen molar-refractivity contribution >= 4 is 46.5 Å².